The van der Waals surface area contributed by atoms with Crippen LogP contribution in [0, 0.1) is 0 Å². The molecular formula is C21H21N3O2. The number of ether oxygens (including phenoxy) is 1. The van der Waals surface area contributed by atoms with Gasteiger partial charge in [0.05, 0.1) is 0 Å². The zero-order valence-electron chi connectivity index (χ0n) is 14.5. The molecule has 0 atom stereocenters. The average Bonchev–Trinajstić information content (AvgIpc) is 2.70. The molecule has 0 saturated heterocycles. The van der Waals surface area contributed by atoms with Crippen LogP contribution in [0.15, 0.2) is 60.9 Å². The number of nitrogens with zero attached hydrogens (tertiary/aromatic N) is 2. The second-order valence-electron chi connectivity index (χ2n) is 6.66. The summed E-state index contributed by atoms with van der Waals surface area (Å²) in [5.74, 6) is -0.00786. The first-order valence-corrected chi connectivity index (χ1v) is 9.01. The van der Waals surface area contributed by atoms with E-state index in [9.17, 15) is 4.79 Å². The van der Waals surface area contributed by atoms with Crippen molar-refractivity contribution in [1.82, 2.24) is 15.3 Å². The molecule has 2 aromatic carbocycles. The van der Waals surface area contributed by atoms with Gasteiger partial charge in [0, 0.05) is 24.0 Å². The van der Waals surface area contributed by atoms with Gasteiger partial charge in [-0.1, -0.05) is 30.3 Å². The second-order valence-corrected chi connectivity index (χ2v) is 6.66. The van der Waals surface area contributed by atoms with E-state index in [4.69, 9.17) is 4.74 Å². The molecule has 0 unspecified atom stereocenters. The molecule has 4 rings (SSSR count). The van der Waals surface area contributed by atoms with Crippen LogP contribution in [0.5, 0.6) is 6.01 Å². The Labute approximate surface area is 152 Å². The van der Waals surface area contributed by atoms with Gasteiger partial charge in [-0.2, -0.15) is 0 Å². The lowest BCUT2D eigenvalue weighted by molar-refractivity contribution is 0.0885. The van der Waals surface area contributed by atoms with E-state index in [0.29, 0.717) is 11.6 Å². The topological polar surface area (TPSA) is 64.1 Å². The van der Waals surface area contributed by atoms with Crippen molar-refractivity contribution < 1.29 is 9.53 Å². The fourth-order valence-corrected chi connectivity index (χ4v) is 3.42. The van der Waals surface area contributed by atoms with Crippen molar-refractivity contribution in [3.63, 3.8) is 0 Å². The molecule has 26 heavy (non-hydrogen) atoms. The molecule has 0 spiro atoms. The molecule has 1 heterocycles. The van der Waals surface area contributed by atoms with Gasteiger partial charge >= 0.3 is 6.01 Å². The number of rotatable bonds is 4. The van der Waals surface area contributed by atoms with Crippen LogP contribution in [-0.4, -0.2) is 28.0 Å². The van der Waals surface area contributed by atoms with Crippen molar-refractivity contribution in [2.24, 2.45) is 0 Å². The van der Waals surface area contributed by atoms with Crippen LogP contribution >= 0.6 is 0 Å². The lowest BCUT2D eigenvalue weighted by atomic mass is 9.92. The first-order valence-electron chi connectivity index (χ1n) is 9.01. The summed E-state index contributed by atoms with van der Waals surface area (Å²) in [6.07, 6.45) is 7.05. The monoisotopic (exact) mass is 347 g/mol. The van der Waals surface area contributed by atoms with Crippen LogP contribution in [0.2, 0.25) is 0 Å². The van der Waals surface area contributed by atoms with Crippen LogP contribution in [0.4, 0.5) is 0 Å². The summed E-state index contributed by atoms with van der Waals surface area (Å²) in [5.41, 5.74) is 0.708. The van der Waals surface area contributed by atoms with E-state index in [2.05, 4.69) is 21.4 Å². The Morgan fingerprint density at radius 1 is 0.923 bits per heavy atom. The maximum absolute atomic E-state index is 12.6. The summed E-state index contributed by atoms with van der Waals surface area (Å²) in [7, 11) is 0. The molecule has 1 fully saturated rings. The molecular weight excluding hydrogens is 326 g/mol. The fourth-order valence-electron chi connectivity index (χ4n) is 3.42. The highest BCUT2D eigenvalue weighted by Gasteiger charge is 2.24. The van der Waals surface area contributed by atoms with Gasteiger partial charge in [0.1, 0.15) is 6.10 Å². The van der Waals surface area contributed by atoms with E-state index in [1.54, 1.807) is 18.5 Å². The van der Waals surface area contributed by atoms with E-state index < -0.39 is 0 Å². The third-order valence-electron chi connectivity index (χ3n) is 4.84. The molecule has 132 valence electrons. The minimum Gasteiger partial charge on any atom is -0.460 e. The molecule has 0 radical (unpaired) electrons. The van der Waals surface area contributed by atoms with E-state index >= 15 is 0 Å². The molecule has 5 heteroatoms. The summed E-state index contributed by atoms with van der Waals surface area (Å²) in [4.78, 5) is 20.8. The normalized spacial score (nSPS) is 19.8. The highest BCUT2D eigenvalue weighted by atomic mass is 16.5. The van der Waals surface area contributed by atoms with Crippen LogP contribution < -0.4 is 10.1 Å². The second kappa shape index (κ2) is 7.52. The van der Waals surface area contributed by atoms with Crippen LogP contribution in [0.25, 0.3) is 10.8 Å². The average molecular weight is 347 g/mol. The van der Waals surface area contributed by atoms with Crippen molar-refractivity contribution in [2.75, 3.05) is 0 Å². The summed E-state index contributed by atoms with van der Waals surface area (Å²) in [6.45, 7) is 0. The van der Waals surface area contributed by atoms with Crippen LogP contribution in [0.3, 0.4) is 0 Å². The van der Waals surface area contributed by atoms with Gasteiger partial charge < -0.3 is 10.1 Å². The number of nitrogens with one attached hydrogen (secondary N) is 1. The fraction of sp³-hybridized carbons (Fsp3) is 0.286. The Kier molecular flexibility index (Phi) is 4.78. The lowest BCUT2D eigenvalue weighted by Crippen LogP contribution is -2.39. The Bertz CT molecular complexity index is 890. The largest absolute Gasteiger partial charge is 0.460 e. The number of fused-ring (bicyclic) bond motifs is 1. The number of carbonyl (C=O) groups is 1. The Balaban J connectivity index is 1.32. The number of hydrogen-bond acceptors (Lipinski definition) is 4. The van der Waals surface area contributed by atoms with Crippen LogP contribution in [0.1, 0.15) is 36.0 Å². The Morgan fingerprint density at radius 2 is 1.65 bits per heavy atom. The maximum atomic E-state index is 12.6. The zero-order chi connectivity index (χ0) is 17.8. The third-order valence-corrected chi connectivity index (χ3v) is 4.84. The summed E-state index contributed by atoms with van der Waals surface area (Å²) in [6, 6.07) is 16.3. The summed E-state index contributed by atoms with van der Waals surface area (Å²) < 4.78 is 5.81. The minimum absolute atomic E-state index is 0.00786. The van der Waals surface area contributed by atoms with Gasteiger partial charge in [0.2, 0.25) is 0 Å². The molecule has 1 saturated carbocycles. The highest BCUT2D eigenvalue weighted by Crippen LogP contribution is 2.23. The van der Waals surface area contributed by atoms with Crippen molar-refractivity contribution in [3.8, 4) is 6.01 Å². The Hall–Kier alpha value is -2.95. The first-order chi connectivity index (χ1) is 12.8. The van der Waals surface area contributed by atoms with Gasteiger partial charge in [-0.05, 0) is 54.7 Å². The summed E-state index contributed by atoms with van der Waals surface area (Å²) in [5, 5.41) is 5.39. The smallest absolute Gasteiger partial charge is 0.316 e. The van der Waals surface area contributed by atoms with E-state index in [0.717, 1.165) is 36.5 Å². The minimum atomic E-state index is -0.00786. The van der Waals surface area contributed by atoms with Gasteiger partial charge in [0.15, 0.2) is 0 Å². The SMILES string of the molecule is O=C(NC1CCC(Oc2ncccn2)CC1)c1ccc2ccccc2c1. The zero-order valence-corrected chi connectivity index (χ0v) is 14.5. The van der Waals surface area contributed by atoms with Crippen molar-refractivity contribution in [2.45, 2.75) is 37.8 Å². The lowest BCUT2D eigenvalue weighted by Gasteiger charge is -2.28. The molecule has 0 aliphatic heterocycles. The molecule has 1 aromatic heterocycles. The standard InChI is InChI=1S/C21H21N3O2/c25-20(17-7-6-15-4-1-2-5-16(15)14-17)24-18-8-10-19(11-9-18)26-21-22-12-3-13-23-21/h1-7,12-14,18-19H,8-11H2,(H,24,25). The molecule has 0 bridgehead atoms. The highest BCUT2D eigenvalue weighted by molar-refractivity contribution is 5.98. The maximum Gasteiger partial charge on any atom is 0.316 e. The number of aromatic nitrogens is 2. The van der Waals surface area contributed by atoms with Gasteiger partial charge in [0.25, 0.3) is 5.91 Å². The molecule has 1 aliphatic rings. The van der Waals surface area contributed by atoms with E-state index in [1.165, 1.54) is 0 Å². The van der Waals surface area contributed by atoms with Crippen molar-refractivity contribution >= 4 is 16.7 Å². The number of carbonyl (C=O) groups excluding carboxylic acids is 1. The van der Waals surface area contributed by atoms with Crippen molar-refractivity contribution in [3.05, 3.63) is 66.5 Å². The number of hydrogen-bond donors (Lipinski definition) is 1. The number of amides is 1. The predicted octanol–water partition coefficient (Wildman–Crippen LogP) is 3.75. The summed E-state index contributed by atoms with van der Waals surface area (Å²) >= 11 is 0. The molecule has 3 aromatic rings. The number of benzene rings is 2. The third kappa shape index (κ3) is 3.82. The molecule has 1 aliphatic carbocycles. The predicted molar refractivity (Wildman–Crippen MR) is 100 cm³/mol. The molecule has 1 amide bonds. The van der Waals surface area contributed by atoms with Gasteiger partial charge in [-0.25, -0.2) is 9.97 Å². The Morgan fingerprint density at radius 3 is 2.42 bits per heavy atom. The van der Waals surface area contributed by atoms with Crippen molar-refractivity contribution in [1.29, 1.82) is 0 Å². The molecule has 1 N–H and O–H groups in total. The van der Waals surface area contributed by atoms with Gasteiger partial charge in [-0.3, -0.25) is 4.79 Å². The molecule has 5 nitrogen and oxygen atoms in total. The van der Waals surface area contributed by atoms with E-state index in [1.807, 2.05) is 36.4 Å². The van der Waals surface area contributed by atoms with E-state index in [-0.39, 0.29) is 18.1 Å². The quantitative estimate of drug-likeness (QED) is 0.781. The van der Waals surface area contributed by atoms with Crippen LogP contribution in [-0.2, 0) is 0 Å². The first kappa shape index (κ1) is 16.5. The van der Waals surface area contributed by atoms with Gasteiger partial charge in [-0.15, -0.1) is 0 Å².